The highest BCUT2D eigenvalue weighted by Gasteiger charge is 2.21. The number of hydrogen-bond acceptors (Lipinski definition) is 8. The highest BCUT2D eigenvalue weighted by Crippen LogP contribution is 2.24. The maximum absolute atomic E-state index is 14.9. The van der Waals surface area contributed by atoms with Crippen molar-refractivity contribution >= 4 is 22.1 Å². The molecule has 11 heteroatoms. The van der Waals surface area contributed by atoms with Crippen molar-refractivity contribution < 1.29 is 13.9 Å². The number of rotatable bonds is 7. The minimum absolute atomic E-state index is 0.106. The van der Waals surface area contributed by atoms with Crippen LogP contribution in [0.4, 0.5) is 4.39 Å². The van der Waals surface area contributed by atoms with Crippen LogP contribution in [0.25, 0.3) is 22.1 Å². The van der Waals surface area contributed by atoms with Gasteiger partial charge in [-0.3, -0.25) is 14.2 Å². The Kier molecular flexibility index (Phi) is 5.72. The molecule has 0 spiro atoms. The molecule has 1 N–H and O–H groups in total. The largest absolute Gasteiger partial charge is 0.490 e. The van der Waals surface area contributed by atoms with E-state index in [0.29, 0.717) is 47.8 Å². The maximum atomic E-state index is 14.9. The Morgan fingerprint density at radius 1 is 1.26 bits per heavy atom. The van der Waals surface area contributed by atoms with Crippen LogP contribution in [0.15, 0.2) is 47.8 Å². The van der Waals surface area contributed by atoms with E-state index < -0.39 is 11.9 Å². The summed E-state index contributed by atoms with van der Waals surface area (Å²) < 4.78 is 28.6. The minimum Gasteiger partial charge on any atom is -0.490 e. The summed E-state index contributed by atoms with van der Waals surface area (Å²) in [6, 6.07) is 4.35. The third-order valence-electron chi connectivity index (χ3n) is 5.82. The first kappa shape index (κ1) is 22.0. The molecule has 4 aromatic heterocycles. The summed E-state index contributed by atoms with van der Waals surface area (Å²) in [7, 11) is 3.47. The van der Waals surface area contributed by atoms with Gasteiger partial charge in [0, 0.05) is 44.9 Å². The molecule has 0 bridgehead atoms. The quantitative estimate of drug-likeness (QED) is 0.414. The van der Waals surface area contributed by atoms with Gasteiger partial charge in [0.1, 0.15) is 12.4 Å². The fourth-order valence-corrected chi connectivity index (χ4v) is 4.01. The van der Waals surface area contributed by atoms with E-state index in [-0.39, 0.29) is 11.2 Å². The molecule has 0 radical (unpaired) electrons. The molecule has 0 unspecified atom stereocenters. The Labute approximate surface area is 194 Å². The average Bonchev–Trinajstić information content (AvgIpc) is 3.46. The zero-order valence-electron chi connectivity index (χ0n) is 19.0. The summed E-state index contributed by atoms with van der Waals surface area (Å²) in [6.07, 6.45) is 6.94. The number of hydrazine groups is 1. The topological polar surface area (TPSA) is 98.8 Å². The zero-order chi connectivity index (χ0) is 23.8. The number of ether oxygens (including phenoxy) is 2. The Balaban J connectivity index is 1.55. The fourth-order valence-electron chi connectivity index (χ4n) is 4.01. The lowest BCUT2D eigenvalue weighted by Crippen LogP contribution is -2.25. The Morgan fingerprint density at radius 2 is 2.12 bits per heavy atom. The molecule has 4 aromatic rings. The van der Waals surface area contributed by atoms with E-state index in [0.717, 1.165) is 5.57 Å². The standard InChI is InChI=1S/C23H24FN7O3/c1-14(30-5-4-20-18(23(30)32)9-17(11-25-20)34-7-6-33-3)21-27-28-22-19(24)8-15(13-31(21)22)16-10-26-29(2)12-16/h4-5,8-9,11-14,26H,6-7,10H2,1-3H3/t14-/m0/s1. The molecule has 176 valence electrons. The van der Waals surface area contributed by atoms with E-state index in [1.54, 1.807) is 42.2 Å². The van der Waals surface area contributed by atoms with E-state index in [1.165, 1.54) is 10.6 Å². The molecule has 5 heterocycles. The molecule has 34 heavy (non-hydrogen) atoms. The highest BCUT2D eigenvalue weighted by molar-refractivity contribution is 5.78. The molecule has 0 saturated heterocycles. The summed E-state index contributed by atoms with van der Waals surface area (Å²) in [5, 5.41) is 10.5. The predicted molar refractivity (Wildman–Crippen MR) is 124 cm³/mol. The first-order valence-corrected chi connectivity index (χ1v) is 10.8. The molecular formula is C23H24FN7O3. The molecule has 0 fully saturated rings. The number of nitrogens with one attached hydrogen (secondary N) is 1. The van der Waals surface area contributed by atoms with Gasteiger partial charge in [-0.25, -0.2) is 9.82 Å². The summed E-state index contributed by atoms with van der Waals surface area (Å²) >= 11 is 0. The zero-order valence-corrected chi connectivity index (χ0v) is 19.0. The van der Waals surface area contributed by atoms with Crippen LogP contribution in [0.2, 0.25) is 0 Å². The van der Waals surface area contributed by atoms with E-state index in [1.807, 2.05) is 25.2 Å². The molecule has 0 saturated carbocycles. The van der Waals surface area contributed by atoms with Crippen LogP contribution in [-0.2, 0) is 4.74 Å². The van der Waals surface area contributed by atoms with E-state index in [2.05, 4.69) is 20.6 Å². The van der Waals surface area contributed by atoms with Crippen molar-refractivity contribution in [2.75, 3.05) is 33.9 Å². The number of halogens is 1. The van der Waals surface area contributed by atoms with Crippen LogP contribution in [0, 0.1) is 5.82 Å². The first-order chi connectivity index (χ1) is 16.5. The monoisotopic (exact) mass is 465 g/mol. The van der Waals surface area contributed by atoms with E-state index in [4.69, 9.17) is 9.47 Å². The van der Waals surface area contributed by atoms with Crippen LogP contribution in [0.3, 0.4) is 0 Å². The molecule has 0 aliphatic carbocycles. The van der Waals surface area contributed by atoms with Gasteiger partial charge in [-0.05, 0) is 30.7 Å². The van der Waals surface area contributed by atoms with Gasteiger partial charge in [0.25, 0.3) is 5.56 Å². The summed E-state index contributed by atoms with van der Waals surface area (Å²) in [4.78, 5) is 17.7. The molecule has 1 aliphatic heterocycles. The number of hydrogen-bond donors (Lipinski definition) is 1. The second-order valence-corrected chi connectivity index (χ2v) is 8.08. The molecule has 5 rings (SSSR count). The van der Waals surface area contributed by atoms with Crippen molar-refractivity contribution in [2.24, 2.45) is 0 Å². The van der Waals surface area contributed by atoms with Crippen LogP contribution in [0.1, 0.15) is 24.4 Å². The van der Waals surface area contributed by atoms with Gasteiger partial charge in [-0.2, -0.15) is 0 Å². The lowest BCUT2D eigenvalue weighted by Gasteiger charge is -2.15. The van der Waals surface area contributed by atoms with Crippen LogP contribution >= 0.6 is 0 Å². The van der Waals surface area contributed by atoms with Crippen LogP contribution in [0.5, 0.6) is 5.75 Å². The predicted octanol–water partition coefficient (Wildman–Crippen LogP) is 2.00. The lowest BCUT2D eigenvalue weighted by atomic mass is 10.1. The van der Waals surface area contributed by atoms with Gasteiger partial charge >= 0.3 is 0 Å². The number of methoxy groups -OCH3 is 1. The molecule has 1 aliphatic rings. The van der Waals surface area contributed by atoms with Crippen LogP contribution < -0.4 is 15.7 Å². The Hall–Kier alpha value is -3.83. The molecule has 1 atom stereocenters. The Morgan fingerprint density at radius 3 is 2.88 bits per heavy atom. The van der Waals surface area contributed by atoms with Crippen molar-refractivity contribution in [1.29, 1.82) is 0 Å². The second kappa shape index (κ2) is 8.84. The summed E-state index contributed by atoms with van der Waals surface area (Å²) in [6.45, 7) is 3.18. The number of nitrogens with zero attached hydrogens (tertiary/aromatic N) is 6. The molecule has 10 nitrogen and oxygen atoms in total. The van der Waals surface area contributed by atoms with Crippen molar-refractivity contribution in [1.82, 2.24) is 34.6 Å². The SMILES string of the molecule is COCCOc1cnc2ccn([C@@H](C)c3nnc4c(F)cc(C5=CN(C)NC5)cn34)c(=O)c2c1. The van der Waals surface area contributed by atoms with Gasteiger partial charge < -0.3 is 19.0 Å². The lowest BCUT2D eigenvalue weighted by molar-refractivity contribution is 0.146. The van der Waals surface area contributed by atoms with E-state index in [9.17, 15) is 9.18 Å². The summed E-state index contributed by atoms with van der Waals surface area (Å²) in [5.41, 5.74) is 5.20. The van der Waals surface area contributed by atoms with Gasteiger partial charge in [0.05, 0.1) is 29.7 Å². The second-order valence-electron chi connectivity index (χ2n) is 8.08. The number of fused-ring (bicyclic) bond motifs is 2. The van der Waals surface area contributed by atoms with Crippen LogP contribution in [-0.4, -0.2) is 63.1 Å². The van der Waals surface area contributed by atoms with Crippen molar-refractivity contribution in [3.05, 3.63) is 70.5 Å². The smallest absolute Gasteiger partial charge is 0.260 e. The van der Waals surface area contributed by atoms with Crippen molar-refractivity contribution in [3.8, 4) is 5.75 Å². The number of pyridine rings is 3. The third-order valence-corrected chi connectivity index (χ3v) is 5.82. The van der Waals surface area contributed by atoms with Gasteiger partial charge in [0.15, 0.2) is 17.3 Å². The minimum atomic E-state index is -0.516. The van der Waals surface area contributed by atoms with Gasteiger partial charge in [0.2, 0.25) is 0 Å². The first-order valence-electron chi connectivity index (χ1n) is 10.8. The fraction of sp³-hybridized carbons (Fsp3) is 0.304. The molecular weight excluding hydrogens is 441 g/mol. The molecule has 0 aromatic carbocycles. The number of aromatic nitrogens is 5. The summed E-state index contributed by atoms with van der Waals surface area (Å²) in [5.74, 6) is 0.444. The van der Waals surface area contributed by atoms with Crippen molar-refractivity contribution in [2.45, 2.75) is 13.0 Å². The average molecular weight is 465 g/mol. The highest BCUT2D eigenvalue weighted by atomic mass is 19.1. The van der Waals surface area contributed by atoms with Gasteiger partial charge in [-0.15, -0.1) is 10.2 Å². The van der Waals surface area contributed by atoms with Gasteiger partial charge in [-0.1, -0.05) is 0 Å². The van der Waals surface area contributed by atoms with Crippen molar-refractivity contribution in [3.63, 3.8) is 0 Å². The third kappa shape index (κ3) is 3.88. The Bertz CT molecular complexity index is 1460. The normalized spacial score (nSPS) is 14.7. The molecule has 0 amide bonds. The maximum Gasteiger partial charge on any atom is 0.260 e. The van der Waals surface area contributed by atoms with E-state index >= 15 is 0 Å².